The Morgan fingerprint density at radius 1 is 1.10 bits per heavy atom. The molecule has 6 N–H and O–H groups in total. The first-order chi connectivity index (χ1) is 14.6. The largest absolute Gasteiger partial charge is 0.493 e. The lowest BCUT2D eigenvalue weighted by Crippen LogP contribution is -2.06. The summed E-state index contributed by atoms with van der Waals surface area (Å²) in [7, 11) is -0.692. The lowest BCUT2D eigenvalue weighted by atomic mass is 10.00. The Morgan fingerprint density at radius 3 is 2.32 bits per heavy atom. The van der Waals surface area contributed by atoms with Crippen molar-refractivity contribution in [3.63, 3.8) is 0 Å². The molecule has 2 aromatic heterocycles. The number of hydrogen-bond acceptors (Lipinski definition) is 10. The highest BCUT2D eigenvalue weighted by Crippen LogP contribution is 2.30. The topological polar surface area (TPSA) is 184 Å². The lowest BCUT2D eigenvalue weighted by Gasteiger charge is -2.12. The Kier molecular flexibility index (Phi) is 7.91. The summed E-state index contributed by atoms with van der Waals surface area (Å²) in [5.74, 6) is 1.28. The first-order valence-corrected chi connectivity index (χ1v) is 10.6. The molecule has 0 spiro atoms. The van der Waals surface area contributed by atoms with E-state index in [1.165, 1.54) is 0 Å². The number of aliphatic hydroxyl groups excluding tert-OH is 1. The van der Waals surface area contributed by atoms with Crippen molar-refractivity contribution in [2.45, 2.75) is 13.3 Å². The van der Waals surface area contributed by atoms with Crippen LogP contribution in [-0.4, -0.2) is 59.6 Å². The number of aryl methyl sites for hydroxylation is 1. The van der Waals surface area contributed by atoms with E-state index in [0.29, 0.717) is 29.4 Å². The van der Waals surface area contributed by atoms with E-state index in [-0.39, 0.29) is 5.95 Å². The van der Waals surface area contributed by atoms with E-state index in [2.05, 4.69) is 15.0 Å². The number of fused-ring (bicyclic) bond motifs is 1. The second-order valence-corrected chi connectivity index (χ2v) is 8.02. The summed E-state index contributed by atoms with van der Waals surface area (Å²) in [6.45, 7) is 1.45. The standard InChI is InChI=1S/C17H19N5O2.C2H6O4S/c1-9-11(6-10-4-5-12(23-2)13(7-10)24-3)8-20-16-14(9)15(18)21-17(19)22-16;3-1-2-7(4,5)6/h4-5,7-8H,6H2,1-3H3,(H4,18,19,20,21,22);3H,1-2H2,(H,4,5,6). The Balaban J connectivity index is 0.000000423. The van der Waals surface area contributed by atoms with Crippen LogP contribution >= 0.6 is 0 Å². The summed E-state index contributed by atoms with van der Waals surface area (Å²) in [6, 6.07) is 5.83. The number of aliphatic hydroxyl groups is 1. The van der Waals surface area contributed by atoms with Gasteiger partial charge in [-0.05, 0) is 42.2 Å². The minimum Gasteiger partial charge on any atom is -0.493 e. The molecule has 31 heavy (non-hydrogen) atoms. The third-order valence-electron chi connectivity index (χ3n) is 4.33. The van der Waals surface area contributed by atoms with E-state index in [9.17, 15) is 8.42 Å². The van der Waals surface area contributed by atoms with E-state index >= 15 is 0 Å². The second-order valence-electron chi connectivity index (χ2n) is 6.45. The van der Waals surface area contributed by atoms with Crippen LogP contribution in [0.15, 0.2) is 24.4 Å². The summed E-state index contributed by atoms with van der Waals surface area (Å²) >= 11 is 0. The van der Waals surface area contributed by atoms with E-state index in [0.717, 1.165) is 22.1 Å². The molecular weight excluding hydrogens is 426 g/mol. The van der Waals surface area contributed by atoms with Gasteiger partial charge in [-0.15, -0.1) is 0 Å². The summed E-state index contributed by atoms with van der Waals surface area (Å²) in [5.41, 5.74) is 15.2. The van der Waals surface area contributed by atoms with Crippen molar-refractivity contribution in [3.05, 3.63) is 41.1 Å². The molecular formula is C19H25N5O6S. The Bertz CT molecular complexity index is 1170. The van der Waals surface area contributed by atoms with E-state index in [1.54, 1.807) is 20.4 Å². The first kappa shape index (κ1) is 24.1. The average molecular weight is 452 g/mol. The fraction of sp³-hybridized carbons (Fsp3) is 0.316. The third kappa shape index (κ3) is 6.38. The van der Waals surface area contributed by atoms with Crippen LogP contribution < -0.4 is 20.9 Å². The fourth-order valence-corrected chi connectivity index (χ4v) is 3.07. The van der Waals surface area contributed by atoms with Gasteiger partial charge in [0.2, 0.25) is 5.95 Å². The van der Waals surface area contributed by atoms with Crippen molar-refractivity contribution in [3.8, 4) is 11.5 Å². The smallest absolute Gasteiger partial charge is 0.267 e. The van der Waals surface area contributed by atoms with Crippen LogP contribution in [0.2, 0.25) is 0 Å². The molecule has 0 atom stereocenters. The molecule has 0 saturated heterocycles. The Labute approximate surface area is 179 Å². The third-order valence-corrected chi connectivity index (χ3v) is 5.02. The highest BCUT2D eigenvalue weighted by Gasteiger charge is 2.13. The molecule has 0 saturated carbocycles. The van der Waals surface area contributed by atoms with Gasteiger partial charge in [-0.1, -0.05) is 6.07 Å². The average Bonchev–Trinajstić information content (AvgIpc) is 2.69. The maximum Gasteiger partial charge on any atom is 0.267 e. The van der Waals surface area contributed by atoms with Gasteiger partial charge in [0.25, 0.3) is 10.1 Å². The van der Waals surface area contributed by atoms with E-state index in [1.807, 2.05) is 25.1 Å². The quantitative estimate of drug-likeness (QED) is 0.391. The van der Waals surface area contributed by atoms with Crippen LogP contribution in [0.5, 0.6) is 11.5 Å². The molecule has 2 heterocycles. The van der Waals surface area contributed by atoms with E-state index in [4.69, 9.17) is 30.6 Å². The zero-order valence-corrected chi connectivity index (χ0v) is 18.2. The van der Waals surface area contributed by atoms with Crippen molar-refractivity contribution >= 4 is 32.9 Å². The molecule has 1 aromatic carbocycles. The Morgan fingerprint density at radius 2 is 1.77 bits per heavy atom. The monoisotopic (exact) mass is 451 g/mol. The normalized spacial score (nSPS) is 11.0. The number of anilines is 2. The summed E-state index contributed by atoms with van der Waals surface area (Å²) in [6.07, 6.45) is 2.47. The predicted molar refractivity (Wildman–Crippen MR) is 117 cm³/mol. The number of nitrogen functional groups attached to an aromatic ring is 2. The highest BCUT2D eigenvalue weighted by molar-refractivity contribution is 7.85. The van der Waals surface area contributed by atoms with Crippen molar-refractivity contribution < 1.29 is 27.6 Å². The minimum absolute atomic E-state index is 0.125. The number of nitrogens with zero attached hydrogens (tertiary/aromatic N) is 3. The Hall–Kier alpha value is -3.22. The van der Waals surface area contributed by atoms with Crippen molar-refractivity contribution in [1.82, 2.24) is 15.0 Å². The van der Waals surface area contributed by atoms with Crippen molar-refractivity contribution in [2.75, 3.05) is 38.0 Å². The SMILES string of the molecule is COc1ccc(Cc2cnc3nc(N)nc(N)c3c2C)cc1OC.O=S(=O)(O)CCO. The maximum absolute atomic E-state index is 9.63. The molecule has 0 aliphatic rings. The molecule has 11 nitrogen and oxygen atoms in total. The predicted octanol–water partition coefficient (Wildman–Crippen LogP) is 0.972. The molecule has 168 valence electrons. The van der Waals surface area contributed by atoms with Crippen LogP contribution in [0.1, 0.15) is 16.7 Å². The van der Waals surface area contributed by atoms with Gasteiger partial charge in [-0.2, -0.15) is 18.4 Å². The second kappa shape index (κ2) is 10.2. The van der Waals surface area contributed by atoms with Gasteiger partial charge in [0.05, 0.1) is 32.0 Å². The molecule has 12 heteroatoms. The van der Waals surface area contributed by atoms with Gasteiger partial charge in [-0.25, -0.2) is 4.98 Å². The molecule has 0 aliphatic heterocycles. The van der Waals surface area contributed by atoms with Crippen molar-refractivity contribution in [2.24, 2.45) is 0 Å². The van der Waals surface area contributed by atoms with Gasteiger partial charge in [0, 0.05) is 6.20 Å². The van der Waals surface area contributed by atoms with Crippen LogP contribution in [-0.2, 0) is 16.5 Å². The maximum atomic E-state index is 9.63. The van der Waals surface area contributed by atoms with Gasteiger partial charge < -0.3 is 26.0 Å². The number of ether oxygens (including phenoxy) is 2. The molecule has 0 aliphatic carbocycles. The summed E-state index contributed by atoms with van der Waals surface area (Å²) < 4.78 is 37.7. The number of rotatable bonds is 6. The number of nitrogens with two attached hydrogens (primary N) is 2. The highest BCUT2D eigenvalue weighted by atomic mass is 32.2. The van der Waals surface area contributed by atoms with Crippen molar-refractivity contribution in [1.29, 1.82) is 0 Å². The number of aromatic nitrogens is 3. The van der Waals surface area contributed by atoms with Crippen LogP contribution in [0.4, 0.5) is 11.8 Å². The number of hydrogen-bond donors (Lipinski definition) is 4. The van der Waals surface area contributed by atoms with Crippen LogP contribution in [0, 0.1) is 6.92 Å². The molecule has 0 amide bonds. The molecule has 0 bridgehead atoms. The number of methoxy groups -OCH3 is 2. The molecule has 0 radical (unpaired) electrons. The summed E-state index contributed by atoms with van der Waals surface area (Å²) in [4.78, 5) is 12.5. The minimum atomic E-state index is -3.92. The van der Waals surface area contributed by atoms with E-state index < -0.39 is 22.5 Å². The molecule has 0 unspecified atom stereocenters. The summed E-state index contributed by atoms with van der Waals surface area (Å²) in [5, 5.41) is 8.60. The van der Waals surface area contributed by atoms with Gasteiger partial charge in [0.1, 0.15) is 5.82 Å². The molecule has 0 fully saturated rings. The zero-order valence-electron chi connectivity index (χ0n) is 17.4. The number of pyridine rings is 1. The van der Waals surface area contributed by atoms with Crippen LogP contribution in [0.25, 0.3) is 11.0 Å². The first-order valence-electron chi connectivity index (χ1n) is 9.03. The van der Waals surface area contributed by atoms with Gasteiger partial charge in [-0.3, -0.25) is 4.55 Å². The van der Waals surface area contributed by atoms with Gasteiger partial charge >= 0.3 is 0 Å². The zero-order chi connectivity index (χ0) is 23.2. The van der Waals surface area contributed by atoms with Crippen LogP contribution in [0.3, 0.4) is 0 Å². The number of benzene rings is 1. The fourth-order valence-electron chi connectivity index (χ4n) is 2.84. The van der Waals surface area contributed by atoms with Gasteiger partial charge in [0.15, 0.2) is 17.1 Å². The lowest BCUT2D eigenvalue weighted by molar-refractivity contribution is 0.315. The molecule has 3 aromatic rings. The molecule has 3 rings (SSSR count).